The maximum atomic E-state index is 12.4. The Labute approximate surface area is 172 Å². The number of aliphatic carboxylic acids is 1. The van der Waals surface area contributed by atoms with Crippen molar-refractivity contribution in [1.29, 1.82) is 0 Å². The smallest absolute Gasteiger partial charge is 0.475 e. The number of nitrogens with zero attached hydrogens (tertiary/aromatic N) is 2. The minimum Gasteiger partial charge on any atom is -0.475 e. The lowest BCUT2D eigenvalue weighted by Crippen LogP contribution is -2.40. The Morgan fingerprint density at radius 2 is 1.87 bits per heavy atom. The fourth-order valence-corrected chi connectivity index (χ4v) is 3.68. The number of fused-ring (bicyclic) bond motifs is 1. The molecule has 0 unspecified atom stereocenters. The summed E-state index contributed by atoms with van der Waals surface area (Å²) >= 11 is 0. The van der Waals surface area contributed by atoms with E-state index in [1.54, 1.807) is 0 Å². The predicted octanol–water partition coefficient (Wildman–Crippen LogP) is 2.33. The average Bonchev–Trinajstić information content (AvgIpc) is 3.18. The van der Waals surface area contributed by atoms with Crippen LogP contribution >= 0.6 is 0 Å². The molecule has 3 N–H and O–H groups in total. The van der Waals surface area contributed by atoms with Gasteiger partial charge in [-0.3, -0.25) is 9.59 Å². The summed E-state index contributed by atoms with van der Waals surface area (Å²) in [4.78, 5) is 37.2. The largest absolute Gasteiger partial charge is 0.490 e. The van der Waals surface area contributed by atoms with Gasteiger partial charge in [-0.15, -0.1) is 0 Å². The SMILES string of the molecule is NC[C@@H]1CCCN1C(=O)CCCN1C(=O)CCc2ccccc21.O=C(O)C(F)(F)F. The second-order valence-electron chi connectivity index (χ2n) is 7.20. The number of para-hydroxylation sites is 1. The van der Waals surface area contributed by atoms with E-state index < -0.39 is 12.1 Å². The minimum atomic E-state index is -5.08. The van der Waals surface area contributed by atoms with Crippen molar-refractivity contribution in [1.82, 2.24) is 4.90 Å². The van der Waals surface area contributed by atoms with Crippen molar-refractivity contribution >= 4 is 23.5 Å². The van der Waals surface area contributed by atoms with Crippen molar-refractivity contribution in [3.63, 3.8) is 0 Å². The molecule has 10 heteroatoms. The number of carbonyl (C=O) groups excluding carboxylic acids is 2. The van der Waals surface area contributed by atoms with E-state index in [0.717, 1.165) is 31.5 Å². The zero-order valence-electron chi connectivity index (χ0n) is 16.5. The summed E-state index contributed by atoms with van der Waals surface area (Å²) in [6.07, 6.45) is -0.455. The van der Waals surface area contributed by atoms with Crippen molar-refractivity contribution in [2.45, 2.75) is 50.7 Å². The molecule has 0 aromatic heterocycles. The van der Waals surface area contributed by atoms with Gasteiger partial charge in [0.15, 0.2) is 0 Å². The first-order chi connectivity index (χ1) is 14.1. The number of rotatable bonds is 5. The molecule has 0 spiro atoms. The highest BCUT2D eigenvalue weighted by atomic mass is 19.4. The summed E-state index contributed by atoms with van der Waals surface area (Å²) in [7, 11) is 0. The molecule has 3 rings (SSSR count). The fourth-order valence-electron chi connectivity index (χ4n) is 3.68. The van der Waals surface area contributed by atoms with Gasteiger partial charge in [0, 0.05) is 44.2 Å². The van der Waals surface area contributed by atoms with Crippen LogP contribution in [0.2, 0.25) is 0 Å². The Kier molecular flexibility index (Phi) is 8.22. The number of carboxylic acids is 1. The molecule has 0 radical (unpaired) electrons. The molecule has 2 aliphatic rings. The van der Waals surface area contributed by atoms with Crippen LogP contribution in [0.1, 0.15) is 37.7 Å². The Morgan fingerprint density at radius 3 is 2.50 bits per heavy atom. The third-order valence-electron chi connectivity index (χ3n) is 5.18. The summed E-state index contributed by atoms with van der Waals surface area (Å²) in [5, 5.41) is 7.12. The van der Waals surface area contributed by atoms with Crippen LogP contribution in [-0.4, -0.2) is 59.6 Å². The van der Waals surface area contributed by atoms with Gasteiger partial charge < -0.3 is 20.6 Å². The quantitative estimate of drug-likeness (QED) is 0.748. The first-order valence-electron chi connectivity index (χ1n) is 9.83. The number of aryl methyl sites for hydroxylation is 1. The van der Waals surface area contributed by atoms with Crippen LogP contribution in [0, 0.1) is 0 Å². The number of hydrogen-bond donors (Lipinski definition) is 2. The highest BCUT2D eigenvalue weighted by Gasteiger charge is 2.38. The molecule has 1 atom stereocenters. The van der Waals surface area contributed by atoms with Gasteiger partial charge in [-0.25, -0.2) is 4.79 Å². The zero-order valence-corrected chi connectivity index (χ0v) is 16.5. The first kappa shape index (κ1) is 23.7. The summed E-state index contributed by atoms with van der Waals surface area (Å²) in [6.45, 7) is 1.98. The molecule has 2 aliphatic heterocycles. The van der Waals surface area contributed by atoms with E-state index in [2.05, 4.69) is 6.07 Å². The number of amides is 2. The molecule has 1 saturated heterocycles. The van der Waals surface area contributed by atoms with Gasteiger partial charge in [-0.1, -0.05) is 18.2 Å². The first-order valence-corrected chi connectivity index (χ1v) is 9.83. The Balaban J connectivity index is 0.000000396. The molecule has 166 valence electrons. The van der Waals surface area contributed by atoms with E-state index in [4.69, 9.17) is 15.6 Å². The molecule has 2 heterocycles. The summed E-state index contributed by atoms with van der Waals surface area (Å²) < 4.78 is 31.7. The number of hydrogen-bond acceptors (Lipinski definition) is 4. The van der Waals surface area contributed by atoms with Crippen LogP contribution in [0.4, 0.5) is 18.9 Å². The number of halogens is 3. The van der Waals surface area contributed by atoms with Crippen molar-refractivity contribution < 1.29 is 32.7 Å². The average molecular weight is 429 g/mol. The van der Waals surface area contributed by atoms with E-state index in [9.17, 15) is 22.8 Å². The van der Waals surface area contributed by atoms with Crippen LogP contribution in [-0.2, 0) is 20.8 Å². The molecule has 2 amide bonds. The second kappa shape index (κ2) is 10.4. The number of benzene rings is 1. The van der Waals surface area contributed by atoms with Crippen LogP contribution in [0.25, 0.3) is 0 Å². The van der Waals surface area contributed by atoms with Gasteiger partial charge in [0.1, 0.15) is 0 Å². The lowest BCUT2D eigenvalue weighted by molar-refractivity contribution is -0.192. The van der Waals surface area contributed by atoms with Gasteiger partial charge in [-0.2, -0.15) is 13.2 Å². The lowest BCUT2D eigenvalue weighted by atomic mass is 10.0. The zero-order chi connectivity index (χ0) is 22.3. The number of alkyl halides is 3. The standard InChI is InChI=1S/C18H25N3O2.C2HF3O2/c19-13-15-6-3-11-20(15)17(22)8-4-12-21-16-7-2-1-5-14(16)9-10-18(21)23;3-2(4,5)1(6)7/h1-2,5,7,15H,3-4,6,8-13,19H2;(H,6,7)/t15-;/m0./s1. The highest BCUT2D eigenvalue weighted by molar-refractivity contribution is 5.96. The van der Waals surface area contributed by atoms with E-state index in [0.29, 0.717) is 32.4 Å². The van der Waals surface area contributed by atoms with Gasteiger partial charge in [-0.05, 0) is 37.3 Å². The second-order valence-corrected chi connectivity index (χ2v) is 7.20. The maximum absolute atomic E-state index is 12.4. The number of anilines is 1. The monoisotopic (exact) mass is 429 g/mol. The van der Waals surface area contributed by atoms with Crippen molar-refractivity contribution in [3.8, 4) is 0 Å². The van der Waals surface area contributed by atoms with Crippen LogP contribution in [0.5, 0.6) is 0 Å². The number of carboxylic acid groups (broad SMARTS) is 1. The Hall–Kier alpha value is -2.62. The van der Waals surface area contributed by atoms with Crippen LogP contribution in [0.15, 0.2) is 24.3 Å². The van der Waals surface area contributed by atoms with E-state index >= 15 is 0 Å². The molecule has 1 fully saturated rings. The molecule has 7 nitrogen and oxygen atoms in total. The topological polar surface area (TPSA) is 104 Å². The fraction of sp³-hybridized carbons (Fsp3) is 0.550. The van der Waals surface area contributed by atoms with Gasteiger partial charge in [0.05, 0.1) is 0 Å². The van der Waals surface area contributed by atoms with Crippen molar-refractivity contribution in [3.05, 3.63) is 29.8 Å². The molecule has 0 aliphatic carbocycles. The summed E-state index contributed by atoms with van der Waals surface area (Å²) in [5.41, 5.74) is 7.97. The predicted molar refractivity (Wildman–Crippen MR) is 104 cm³/mol. The summed E-state index contributed by atoms with van der Waals surface area (Å²) in [5.74, 6) is -2.42. The van der Waals surface area contributed by atoms with E-state index in [1.807, 2.05) is 28.0 Å². The maximum Gasteiger partial charge on any atom is 0.490 e. The molecule has 0 bridgehead atoms. The number of nitrogens with two attached hydrogens (primary N) is 1. The van der Waals surface area contributed by atoms with Crippen molar-refractivity contribution in [2.24, 2.45) is 5.73 Å². The Bertz CT molecular complexity index is 770. The molecular formula is C20H26F3N3O4. The molecule has 30 heavy (non-hydrogen) atoms. The Morgan fingerprint density at radius 1 is 1.20 bits per heavy atom. The van der Waals surface area contributed by atoms with E-state index in [-0.39, 0.29) is 17.9 Å². The lowest BCUT2D eigenvalue weighted by Gasteiger charge is -2.30. The normalized spacial score (nSPS) is 18.5. The van der Waals surface area contributed by atoms with Crippen molar-refractivity contribution in [2.75, 3.05) is 24.5 Å². The number of likely N-dealkylation sites (tertiary alicyclic amines) is 1. The molecular weight excluding hydrogens is 403 g/mol. The van der Waals surface area contributed by atoms with Crippen LogP contribution in [0.3, 0.4) is 0 Å². The molecule has 1 aromatic carbocycles. The van der Waals surface area contributed by atoms with Gasteiger partial charge in [0.2, 0.25) is 11.8 Å². The third-order valence-corrected chi connectivity index (χ3v) is 5.18. The van der Waals surface area contributed by atoms with Gasteiger partial charge >= 0.3 is 12.1 Å². The van der Waals surface area contributed by atoms with Crippen LogP contribution < -0.4 is 10.6 Å². The third kappa shape index (κ3) is 6.19. The minimum absolute atomic E-state index is 0.164. The van der Waals surface area contributed by atoms with Gasteiger partial charge in [0.25, 0.3) is 0 Å². The highest BCUT2D eigenvalue weighted by Crippen LogP contribution is 2.28. The number of carbonyl (C=O) groups is 3. The molecule has 1 aromatic rings. The molecule has 0 saturated carbocycles. The van der Waals surface area contributed by atoms with E-state index in [1.165, 1.54) is 5.56 Å². The summed E-state index contributed by atoms with van der Waals surface area (Å²) in [6, 6.07) is 8.26.